The number of hydrogen-bond acceptors (Lipinski definition) is 58. The van der Waals surface area contributed by atoms with Gasteiger partial charge >= 0.3 is 219 Å². The van der Waals surface area contributed by atoms with Crippen molar-refractivity contribution in [1.29, 1.82) is 0 Å². The molecule has 12 aliphatic heterocycles. The van der Waals surface area contributed by atoms with Gasteiger partial charge in [-0.15, -0.1) is 0 Å². The van der Waals surface area contributed by atoms with Crippen LogP contribution >= 0.6 is 0 Å². The van der Waals surface area contributed by atoms with Crippen LogP contribution in [-0.2, 0) is 144 Å². The molecule has 0 saturated carbocycles. The van der Waals surface area contributed by atoms with E-state index >= 15 is 0 Å². The molecule has 12 aliphatic rings. The first-order chi connectivity index (χ1) is 36.8. The number of rotatable bonds is 4. The van der Waals surface area contributed by atoms with Crippen molar-refractivity contribution in [2.45, 2.75) is 0 Å². The Hall–Kier alpha value is 2.89. The van der Waals surface area contributed by atoms with Crippen molar-refractivity contribution in [2.75, 3.05) is 0 Å². The van der Waals surface area contributed by atoms with Gasteiger partial charge in [0, 0.05) is 0 Å². The molecule has 0 aromatic carbocycles. The smallest absolute Gasteiger partial charge is 0.388 e. The lowest BCUT2D eigenvalue weighted by atomic mass is 15.5. The Balaban J connectivity index is 1.03. The SMILES string of the molecule is O[Si]1O[Si]2(O)O[Si]3(O)O[Si](O)(O)O[Si]4(O)O[Si](O)(O1)O[Si](O)(O2)O[Si](O[Si]12O[Si](O)(O)O[Si]5(O)O[Si]6(O)O[Si](O)O[Si](O)(O1)O[Si](O[Si]17O[Si](O)O[Si]8(O)O[Si]9(O)O[Si](O)(O)O[Si](O)(O[Si](O)(O9)O[Si](O)(O8)O1)O7)(O6)O[Si](O)(O5)O2)(O3)O4. The fraction of sp³-hybridized carbons (Fsp3) is 0. The molecule has 3 radical (unpaired) electrons. The van der Waals surface area contributed by atoms with E-state index in [4.69, 9.17) is 128 Å². The summed E-state index contributed by atoms with van der Waals surface area (Å²) in [7, 11) is -159. The van der Waals surface area contributed by atoms with Gasteiger partial charge < -0.3 is 254 Å². The fourth-order valence-electron chi connectivity index (χ4n) is 6.84. The molecule has 16 atom stereocenters. The zero-order valence-corrected chi connectivity index (χ0v) is 60.6. The minimum atomic E-state index is -7.59. The summed E-state index contributed by atoms with van der Waals surface area (Å²) in [6.07, 6.45) is 0. The molecule has 12 heterocycles. The van der Waals surface area contributed by atoms with E-state index in [-0.39, 0.29) is 0 Å². The maximum Gasteiger partial charge on any atom is 0.662 e. The van der Waals surface area contributed by atoms with Crippen molar-refractivity contribution in [2.24, 2.45) is 0 Å². The highest BCUT2D eigenvalue weighted by Gasteiger charge is 2.92. The Bertz CT molecular complexity index is 2510. The van der Waals surface area contributed by atoms with Crippen LogP contribution in [0.2, 0.25) is 0 Å². The van der Waals surface area contributed by atoms with Crippen LogP contribution < -0.4 is 0 Å². The fourth-order valence-corrected chi connectivity index (χ4v) is 88.6. The summed E-state index contributed by atoms with van der Waals surface area (Å²) in [5.74, 6) is 0. The third-order valence-corrected chi connectivity index (χ3v) is 78.6. The van der Waals surface area contributed by atoms with E-state index in [0.717, 1.165) is 0 Å². The molecule has 18 bridgehead atoms. The largest absolute Gasteiger partial charge is 0.662 e. The molecule has 0 aliphatic carbocycles. The van der Waals surface area contributed by atoms with Crippen LogP contribution in [0.1, 0.15) is 0 Å². The molecule has 82 heteroatoms. The maximum atomic E-state index is 12.5. The quantitative estimate of drug-likeness (QED) is 0.116. The minimum Gasteiger partial charge on any atom is -0.388 e. The topological polar surface area (TPSA) is 788 Å². The first-order valence-corrected chi connectivity index (χ1v) is 58.3. The molecule has 12 saturated heterocycles. The van der Waals surface area contributed by atoms with Crippen molar-refractivity contribution in [3.8, 4) is 0 Å². The molecule has 0 aromatic heterocycles. The van der Waals surface area contributed by atoms with Crippen molar-refractivity contribution >= 4 is 219 Å². The summed E-state index contributed by atoms with van der Waals surface area (Å²) in [5, 5.41) is 0. The average Bonchev–Trinajstić information content (AvgIpc) is 3.02. The Morgan fingerprint density at radius 1 is 0.171 bits per heavy atom. The predicted octanol–water partition coefficient (Wildman–Crippen LogP) is -24.3. The second-order valence-corrected chi connectivity index (χ2v) is 67.5. The zero-order valence-electron chi connectivity index (χ0n) is 36.6. The lowest BCUT2D eigenvalue weighted by Crippen LogP contribution is -2.89. The standard InChI is InChI=1S/H23O58Si24/c1-59-24-65(10)37-72(17)31-63(6,7)32-73(18)38-66(11,25-59)40-76(21,39-65)54-82(52-72,53-73)58-80-35-64(8,9)34-71(16)42-68(13)26-60(2)27-69(14,48-80)49-81(47-68,56-78(23,44-71)55-80)57-79-29-61(3)28-67(12)36-70(15)30-62(4,5)33-74(19,50-79)45-75(20,43-70)46-77(22,41-67)51-79/h1-23H. The molecule has 12 fully saturated rings. The Morgan fingerprint density at radius 3 is 0.646 bits per heavy atom. The van der Waals surface area contributed by atoms with Gasteiger partial charge in [0.25, 0.3) is 0 Å². The molecule has 58 nitrogen and oxygen atoms in total. The summed E-state index contributed by atoms with van der Waals surface area (Å²) in [5.41, 5.74) is 0. The van der Waals surface area contributed by atoms with Crippen molar-refractivity contribution in [1.82, 2.24) is 0 Å². The monoisotopic (exact) mass is 1620 g/mol. The first-order valence-electron chi connectivity index (χ1n) is 19.4. The lowest BCUT2D eigenvalue weighted by Gasteiger charge is -2.53. The van der Waals surface area contributed by atoms with Crippen molar-refractivity contribution in [3.05, 3.63) is 0 Å². The van der Waals surface area contributed by atoms with E-state index in [1.54, 1.807) is 0 Å². The van der Waals surface area contributed by atoms with Crippen LogP contribution in [0.15, 0.2) is 0 Å². The van der Waals surface area contributed by atoms with Gasteiger partial charge in [0.1, 0.15) is 0 Å². The first kappa shape index (κ1) is 65.0. The lowest BCUT2D eigenvalue weighted by molar-refractivity contribution is -0.124. The van der Waals surface area contributed by atoms with Gasteiger partial charge in [-0.2, -0.15) is 0 Å². The van der Waals surface area contributed by atoms with Crippen molar-refractivity contribution < 1.29 is 254 Å². The molecule has 0 spiro atoms. The highest BCUT2D eigenvalue weighted by atomic mass is 28.7. The summed E-state index contributed by atoms with van der Waals surface area (Å²) >= 11 is 0. The van der Waals surface area contributed by atoms with Crippen LogP contribution in [0, 0.1) is 0 Å². The van der Waals surface area contributed by atoms with E-state index in [0.29, 0.717) is 0 Å². The molecule has 467 valence electrons. The van der Waals surface area contributed by atoms with E-state index in [1.165, 1.54) is 0 Å². The summed E-state index contributed by atoms with van der Waals surface area (Å²) in [4.78, 5) is 262. The molecule has 0 amide bonds. The van der Waals surface area contributed by atoms with Gasteiger partial charge in [-0.05, 0) is 0 Å². The van der Waals surface area contributed by atoms with Gasteiger partial charge in [0.05, 0.1) is 0 Å². The average molecular weight is 1630 g/mol. The number of hydrogen-bond donors (Lipinski definition) is 23. The molecule has 16 unspecified atom stereocenters. The van der Waals surface area contributed by atoms with Gasteiger partial charge in [0.2, 0.25) is 0 Å². The van der Waals surface area contributed by atoms with Gasteiger partial charge in [-0.3, -0.25) is 0 Å². The van der Waals surface area contributed by atoms with Crippen LogP contribution in [0.3, 0.4) is 0 Å². The van der Waals surface area contributed by atoms with Gasteiger partial charge in [0.15, 0.2) is 0 Å². The third kappa shape index (κ3) is 13.0. The molecule has 23 N–H and O–H groups in total. The zero-order chi connectivity index (χ0) is 60.0. The van der Waals surface area contributed by atoms with E-state index in [9.17, 15) is 110 Å². The highest BCUT2D eigenvalue weighted by molar-refractivity contribution is 7.00. The number of fused-ring (bicyclic) bond motifs is 12. The summed E-state index contributed by atoms with van der Waals surface area (Å²) < 4.78 is 175. The van der Waals surface area contributed by atoms with Gasteiger partial charge in [-0.1, -0.05) is 0 Å². The van der Waals surface area contributed by atoms with Crippen molar-refractivity contribution in [3.63, 3.8) is 0 Å². The normalized spacial score (nSPS) is 58.4. The minimum absolute atomic E-state index is 4.41. The highest BCUT2D eigenvalue weighted by Crippen LogP contribution is 2.49. The Morgan fingerprint density at radius 2 is 0.329 bits per heavy atom. The molecular weight excluding hydrogens is 1600 g/mol. The third-order valence-electron chi connectivity index (χ3n) is 8.74. The van der Waals surface area contributed by atoms with E-state index in [1.807, 2.05) is 0 Å². The van der Waals surface area contributed by atoms with Crippen LogP contribution in [0.4, 0.5) is 0 Å². The summed E-state index contributed by atoms with van der Waals surface area (Å²) in [6, 6.07) is 0. The maximum absolute atomic E-state index is 12.5. The molecule has 0 aromatic rings. The second kappa shape index (κ2) is 19.3. The Labute approximate surface area is 470 Å². The molecule has 12 rings (SSSR count). The molecular formula is H23O58Si24. The molecule has 82 heavy (non-hydrogen) atoms. The van der Waals surface area contributed by atoms with E-state index in [2.05, 4.69) is 16.5 Å². The summed E-state index contributed by atoms with van der Waals surface area (Å²) in [6.45, 7) is 0. The van der Waals surface area contributed by atoms with Crippen LogP contribution in [0.25, 0.3) is 0 Å². The van der Waals surface area contributed by atoms with Gasteiger partial charge in [-0.25, -0.2) is 0 Å². The second-order valence-electron chi connectivity index (χ2n) is 15.3. The van der Waals surface area contributed by atoms with Crippen LogP contribution in [0.5, 0.6) is 0 Å². The Kier molecular flexibility index (Phi) is 15.3. The predicted molar refractivity (Wildman–Crippen MR) is 227 cm³/mol. The van der Waals surface area contributed by atoms with E-state index < -0.39 is 219 Å². The van der Waals surface area contributed by atoms with Crippen LogP contribution in [-0.4, -0.2) is 329 Å².